The van der Waals surface area contributed by atoms with Gasteiger partial charge in [-0.3, -0.25) is 14.5 Å². The first-order chi connectivity index (χ1) is 19.2. The molecular formula is C29H30N2O8S. The minimum atomic E-state index is -1.14. The van der Waals surface area contributed by atoms with Crippen LogP contribution in [-0.2, 0) is 14.3 Å². The van der Waals surface area contributed by atoms with Gasteiger partial charge in [0.2, 0.25) is 0 Å². The van der Waals surface area contributed by atoms with Gasteiger partial charge in [0.15, 0.2) is 5.13 Å². The molecule has 11 heteroatoms. The van der Waals surface area contributed by atoms with E-state index in [4.69, 9.17) is 18.9 Å². The Bertz CT molecular complexity index is 1460. The van der Waals surface area contributed by atoms with Crippen molar-refractivity contribution in [3.05, 3.63) is 69.7 Å². The molecule has 1 atom stereocenters. The molecule has 2 aromatic carbocycles. The molecule has 1 aliphatic heterocycles. The smallest absolute Gasteiger partial charge is 0.350 e. The van der Waals surface area contributed by atoms with Gasteiger partial charge in [-0.25, -0.2) is 9.78 Å². The summed E-state index contributed by atoms with van der Waals surface area (Å²) in [5.41, 5.74) is 0.875. The van der Waals surface area contributed by atoms with Crippen molar-refractivity contribution in [3.8, 4) is 17.2 Å². The topological polar surface area (TPSA) is 124 Å². The number of aliphatic hydroxyl groups is 1. The number of carbonyl (C=O) groups excluding carboxylic acids is 3. The number of hydrogen-bond acceptors (Lipinski definition) is 10. The number of aromatic nitrogens is 1. The second kappa shape index (κ2) is 12.2. The van der Waals surface area contributed by atoms with Gasteiger partial charge in [0.1, 0.15) is 33.9 Å². The number of aryl methyl sites for hydroxylation is 1. The fourth-order valence-corrected chi connectivity index (χ4v) is 5.36. The summed E-state index contributed by atoms with van der Waals surface area (Å²) in [6.07, 6.45) is 1.90. The summed E-state index contributed by atoms with van der Waals surface area (Å²) in [6.45, 7) is 4.23. The molecule has 4 rings (SSSR count). The van der Waals surface area contributed by atoms with E-state index in [1.807, 2.05) is 0 Å². The van der Waals surface area contributed by atoms with Crippen LogP contribution in [0.3, 0.4) is 0 Å². The molecule has 1 fully saturated rings. The molecule has 0 aliphatic carbocycles. The van der Waals surface area contributed by atoms with E-state index < -0.39 is 23.7 Å². The number of benzene rings is 2. The van der Waals surface area contributed by atoms with Crippen molar-refractivity contribution < 1.29 is 38.4 Å². The molecule has 0 saturated carbocycles. The van der Waals surface area contributed by atoms with Crippen molar-refractivity contribution >= 4 is 39.9 Å². The molecule has 0 bridgehead atoms. The zero-order valence-corrected chi connectivity index (χ0v) is 23.7. The van der Waals surface area contributed by atoms with Crippen LogP contribution >= 0.6 is 11.3 Å². The zero-order chi connectivity index (χ0) is 29.0. The van der Waals surface area contributed by atoms with Crippen LogP contribution in [0.25, 0.3) is 5.76 Å². The Hall–Kier alpha value is -4.38. The van der Waals surface area contributed by atoms with Gasteiger partial charge in [-0.05, 0) is 55.8 Å². The van der Waals surface area contributed by atoms with Gasteiger partial charge >= 0.3 is 11.9 Å². The molecule has 0 radical (unpaired) electrons. The highest BCUT2D eigenvalue weighted by molar-refractivity contribution is 7.17. The number of carbonyl (C=O) groups is 3. The molecule has 1 aliphatic rings. The molecule has 210 valence electrons. The Labute approximate surface area is 235 Å². The van der Waals surface area contributed by atoms with Gasteiger partial charge in [-0.15, -0.1) is 0 Å². The Balaban J connectivity index is 1.90. The van der Waals surface area contributed by atoms with Gasteiger partial charge in [-0.1, -0.05) is 24.7 Å². The highest BCUT2D eigenvalue weighted by Gasteiger charge is 2.49. The lowest BCUT2D eigenvalue weighted by atomic mass is 9.94. The van der Waals surface area contributed by atoms with E-state index in [1.165, 1.54) is 21.3 Å². The van der Waals surface area contributed by atoms with E-state index in [2.05, 4.69) is 11.9 Å². The van der Waals surface area contributed by atoms with E-state index in [0.29, 0.717) is 40.7 Å². The third kappa shape index (κ3) is 5.37. The normalized spacial score (nSPS) is 16.2. The van der Waals surface area contributed by atoms with Crippen LogP contribution in [0.5, 0.6) is 17.2 Å². The lowest BCUT2D eigenvalue weighted by molar-refractivity contribution is -0.132. The molecule has 3 aromatic rings. The number of ketones is 1. The number of esters is 1. The monoisotopic (exact) mass is 566 g/mol. The summed E-state index contributed by atoms with van der Waals surface area (Å²) in [5, 5.41) is 11.6. The average Bonchev–Trinajstić information content (AvgIpc) is 3.48. The molecule has 1 aromatic heterocycles. The zero-order valence-electron chi connectivity index (χ0n) is 22.8. The van der Waals surface area contributed by atoms with E-state index >= 15 is 0 Å². The SMILES string of the molecule is CCCCOc1ccc(/C(O)=C2\C(=O)C(=O)N(c3nc(C)c(C(=O)OC)s3)C2c2cc(OC)ccc2OC)cc1. The first-order valence-corrected chi connectivity index (χ1v) is 13.4. The van der Waals surface area contributed by atoms with Crippen LogP contribution in [0, 0.1) is 6.92 Å². The highest BCUT2D eigenvalue weighted by Crippen LogP contribution is 2.47. The number of methoxy groups -OCH3 is 3. The number of rotatable bonds is 10. The number of unbranched alkanes of at least 4 members (excludes halogenated alkanes) is 1. The quantitative estimate of drug-likeness (QED) is 0.118. The van der Waals surface area contributed by atoms with Crippen LogP contribution in [0.2, 0.25) is 0 Å². The number of Topliss-reactive ketones (excluding diaryl/α,β-unsaturated/α-hetero) is 1. The Morgan fingerprint density at radius 3 is 2.38 bits per heavy atom. The summed E-state index contributed by atoms with van der Waals surface area (Å²) in [7, 11) is 4.19. The number of hydrogen-bond donors (Lipinski definition) is 1. The second-order valence-corrected chi connectivity index (χ2v) is 9.88. The predicted molar refractivity (Wildman–Crippen MR) is 149 cm³/mol. The maximum Gasteiger partial charge on any atom is 0.350 e. The molecule has 1 unspecified atom stereocenters. The fraction of sp³-hybridized carbons (Fsp3) is 0.310. The number of thiazole rings is 1. The van der Waals surface area contributed by atoms with Crippen molar-refractivity contribution in [2.75, 3.05) is 32.8 Å². The Morgan fingerprint density at radius 1 is 1.05 bits per heavy atom. The average molecular weight is 567 g/mol. The van der Waals surface area contributed by atoms with Crippen molar-refractivity contribution in [1.82, 2.24) is 4.98 Å². The molecule has 2 heterocycles. The van der Waals surface area contributed by atoms with E-state index in [1.54, 1.807) is 49.4 Å². The molecule has 1 saturated heterocycles. The summed E-state index contributed by atoms with van der Waals surface area (Å²) >= 11 is 0.912. The van der Waals surface area contributed by atoms with E-state index in [9.17, 15) is 19.5 Å². The second-order valence-electron chi connectivity index (χ2n) is 8.91. The summed E-state index contributed by atoms with van der Waals surface area (Å²) < 4.78 is 21.5. The van der Waals surface area contributed by atoms with Crippen LogP contribution in [-0.4, -0.2) is 55.7 Å². The highest BCUT2D eigenvalue weighted by atomic mass is 32.1. The number of amides is 1. The van der Waals surface area contributed by atoms with Crippen molar-refractivity contribution in [2.24, 2.45) is 0 Å². The minimum absolute atomic E-state index is 0.0913. The third-order valence-corrected chi connectivity index (χ3v) is 7.57. The molecule has 40 heavy (non-hydrogen) atoms. The van der Waals surface area contributed by atoms with Gasteiger partial charge in [-0.2, -0.15) is 0 Å². The fourth-order valence-electron chi connectivity index (χ4n) is 4.34. The number of ether oxygens (including phenoxy) is 4. The predicted octanol–water partition coefficient (Wildman–Crippen LogP) is 5.06. The van der Waals surface area contributed by atoms with Crippen LogP contribution in [0.15, 0.2) is 48.0 Å². The van der Waals surface area contributed by atoms with Crippen molar-refractivity contribution in [3.63, 3.8) is 0 Å². The lowest BCUT2D eigenvalue weighted by Gasteiger charge is -2.25. The first kappa shape index (κ1) is 28.6. The Morgan fingerprint density at radius 2 is 1.75 bits per heavy atom. The molecule has 1 N–H and O–H groups in total. The number of anilines is 1. The summed E-state index contributed by atoms with van der Waals surface area (Å²) in [6, 6.07) is 10.4. The maximum atomic E-state index is 13.5. The van der Waals surface area contributed by atoms with Gasteiger partial charge in [0.25, 0.3) is 5.78 Å². The van der Waals surface area contributed by atoms with Gasteiger partial charge in [0, 0.05) is 11.1 Å². The molecule has 10 nitrogen and oxygen atoms in total. The standard InChI is InChI=1S/C29H30N2O8S/c1-6-7-14-39-18-10-8-17(9-11-18)24(32)22-23(20-15-19(36-3)12-13-21(20)37-4)31(27(34)25(22)33)29-30-16(2)26(40-29)28(35)38-5/h8-13,15,23,32H,6-7,14H2,1-5H3/b24-22+. The third-order valence-electron chi connectivity index (χ3n) is 6.43. The largest absolute Gasteiger partial charge is 0.507 e. The van der Waals surface area contributed by atoms with Crippen molar-refractivity contribution in [2.45, 2.75) is 32.7 Å². The van der Waals surface area contributed by atoms with Crippen LogP contribution < -0.4 is 19.1 Å². The molecular weight excluding hydrogens is 536 g/mol. The van der Waals surface area contributed by atoms with Crippen LogP contribution in [0.1, 0.15) is 52.3 Å². The summed E-state index contributed by atoms with van der Waals surface area (Å²) in [5.74, 6) is -1.41. The van der Waals surface area contributed by atoms with Gasteiger partial charge < -0.3 is 24.1 Å². The Kier molecular flexibility index (Phi) is 8.73. The van der Waals surface area contributed by atoms with Crippen molar-refractivity contribution in [1.29, 1.82) is 0 Å². The first-order valence-electron chi connectivity index (χ1n) is 12.6. The summed E-state index contributed by atoms with van der Waals surface area (Å²) in [4.78, 5) is 45.1. The number of aliphatic hydroxyl groups excluding tert-OH is 1. The van der Waals surface area contributed by atoms with E-state index in [-0.39, 0.29) is 21.3 Å². The van der Waals surface area contributed by atoms with Crippen LogP contribution in [0.4, 0.5) is 5.13 Å². The van der Waals surface area contributed by atoms with Gasteiger partial charge in [0.05, 0.1) is 39.2 Å². The van der Waals surface area contributed by atoms with E-state index in [0.717, 1.165) is 29.1 Å². The number of nitrogens with zero attached hydrogens (tertiary/aromatic N) is 2. The maximum absolute atomic E-state index is 13.5. The lowest BCUT2D eigenvalue weighted by Crippen LogP contribution is -2.29. The molecule has 0 spiro atoms. The minimum Gasteiger partial charge on any atom is -0.507 e. The molecule has 1 amide bonds.